The standard InChI is InChI=1S/C14H14F4N4O/c1-8-3-4-11(23-7-15)10(5-8)21-13-20-6-9(14(16,17)18)12(19-2)22-13/h3-6H,7H2,1-2H3,(H2,19,20,21,22). The van der Waals surface area contributed by atoms with Gasteiger partial charge < -0.3 is 15.4 Å². The fourth-order valence-electron chi connectivity index (χ4n) is 1.89. The first-order chi connectivity index (χ1) is 10.8. The third-order valence-corrected chi connectivity index (χ3v) is 2.92. The van der Waals surface area contributed by atoms with Gasteiger partial charge in [-0.25, -0.2) is 9.37 Å². The summed E-state index contributed by atoms with van der Waals surface area (Å²) in [6.45, 7) is 0.768. The molecule has 0 aliphatic heterocycles. The molecule has 23 heavy (non-hydrogen) atoms. The van der Waals surface area contributed by atoms with Crippen molar-refractivity contribution in [1.82, 2.24) is 9.97 Å². The van der Waals surface area contributed by atoms with Gasteiger partial charge in [-0.05, 0) is 24.6 Å². The summed E-state index contributed by atoms with van der Waals surface area (Å²) in [6.07, 6.45) is -3.89. The Kier molecular flexibility index (Phi) is 4.87. The molecule has 1 aromatic carbocycles. The van der Waals surface area contributed by atoms with Crippen LogP contribution in [-0.2, 0) is 6.18 Å². The Morgan fingerprint density at radius 2 is 2.00 bits per heavy atom. The SMILES string of the molecule is CNc1nc(Nc2cc(C)ccc2OCF)ncc1C(F)(F)F. The van der Waals surface area contributed by atoms with E-state index in [1.165, 1.54) is 7.05 Å². The van der Waals surface area contributed by atoms with Crippen LogP contribution in [0, 0.1) is 6.92 Å². The Hall–Kier alpha value is -2.58. The van der Waals surface area contributed by atoms with Gasteiger partial charge in [0, 0.05) is 13.2 Å². The van der Waals surface area contributed by atoms with Crippen molar-refractivity contribution >= 4 is 17.5 Å². The summed E-state index contributed by atoms with van der Waals surface area (Å²) in [4.78, 5) is 7.43. The van der Waals surface area contributed by atoms with E-state index in [9.17, 15) is 17.6 Å². The van der Waals surface area contributed by atoms with Crippen molar-refractivity contribution in [3.8, 4) is 5.75 Å². The second kappa shape index (κ2) is 6.67. The summed E-state index contributed by atoms with van der Waals surface area (Å²) in [5, 5.41) is 5.11. The summed E-state index contributed by atoms with van der Waals surface area (Å²) >= 11 is 0. The molecule has 2 aromatic rings. The van der Waals surface area contributed by atoms with E-state index in [-0.39, 0.29) is 17.5 Å². The number of benzene rings is 1. The minimum atomic E-state index is -4.57. The Morgan fingerprint density at radius 3 is 2.61 bits per heavy atom. The van der Waals surface area contributed by atoms with E-state index in [1.54, 1.807) is 25.1 Å². The number of ether oxygens (including phenoxy) is 1. The molecule has 0 saturated heterocycles. The molecule has 1 aromatic heterocycles. The van der Waals surface area contributed by atoms with E-state index in [1.807, 2.05) is 0 Å². The molecule has 0 aliphatic rings. The predicted octanol–water partition coefficient (Wildman–Crippen LogP) is 3.89. The first-order valence-electron chi connectivity index (χ1n) is 6.53. The van der Waals surface area contributed by atoms with Crippen LogP contribution >= 0.6 is 0 Å². The number of nitrogens with zero attached hydrogens (tertiary/aromatic N) is 2. The van der Waals surface area contributed by atoms with Gasteiger partial charge in [0.1, 0.15) is 17.1 Å². The topological polar surface area (TPSA) is 59.1 Å². The van der Waals surface area contributed by atoms with Gasteiger partial charge in [-0.1, -0.05) is 6.07 Å². The first-order valence-corrected chi connectivity index (χ1v) is 6.53. The Labute approximate surface area is 129 Å². The maximum Gasteiger partial charge on any atom is 0.421 e. The van der Waals surface area contributed by atoms with Gasteiger partial charge in [0.25, 0.3) is 0 Å². The molecule has 0 unspecified atom stereocenters. The second-order valence-electron chi connectivity index (χ2n) is 4.58. The van der Waals surface area contributed by atoms with Gasteiger partial charge in [-0.3, -0.25) is 0 Å². The largest absolute Gasteiger partial charge is 0.461 e. The number of hydrogen-bond donors (Lipinski definition) is 2. The monoisotopic (exact) mass is 330 g/mol. The zero-order valence-electron chi connectivity index (χ0n) is 12.3. The highest BCUT2D eigenvalue weighted by Crippen LogP contribution is 2.34. The maximum atomic E-state index is 12.8. The van der Waals surface area contributed by atoms with Crippen molar-refractivity contribution in [2.75, 3.05) is 24.5 Å². The first kappa shape index (κ1) is 16.8. The van der Waals surface area contributed by atoms with E-state index in [4.69, 9.17) is 4.74 Å². The molecule has 0 aliphatic carbocycles. The third-order valence-electron chi connectivity index (χ3n) is 2.92. The van der Waals surface area contributed by atoms with Gasteiger partial charge in [0.05, 0.1) is 5.69 Å². The minimum Gasteiger partial charge on any atom is -0.461 e. The summed E-state index contributed by atoms with van der Waals surface area (Å²) in [6, 6.07) is 4.90. The third kappa shape index (κ3) is 3.99. The Balaban J connectivity index is 2.36. The highest BCUT2D eigenvalue weighted by Gasteiger charge is 2.35. The molecule has 0 saturated carbocycles. The average Bonchev–Trinajstić information content (AvgIpc) is 2.49. The number of rotatable bonds is 5. The number of halogens is 4. The van der Waals surface area contributed by atoms with Crippen LogP contribution in [0.1, 0.15) is 11.1 Å². The molecule has 0 bridgehead atoms. The van der Waals surface area contributed by atoms with E-state index in [0.29, 0.717) is 11.9 Å². The Morgan fingerprint density at radius 1 is 1.26 bits per heavy atom. The van der Waals surface area contributed by atoms with Gasteiger partial charge in [0.2, 0.25) is 12.8 Å². The van der Waals surface area contributed by atoms with Crippen LogP contribution in [-0.4, -0.2) is 23.9 Å². The zero-order chi connectivity index (χ0) is 17.0. The van der Waals surface area contributed by atoms with Crippen LogP contribution in [0.3, 0.4) is 0 Å². The van der Waals surface area contributed by atoms with Crippen LogP contribution in [0.2, 0.25) is 0 Å². The number of anilines is 3. The molecule has 124 valence electrons. The summed E-state index contributed by atoms with van der Waals surface area (Å²) in [5.41, 5.74) is 0.221. The lowest BCUT2D eigenvalue weighted by atomic mass is 10.2. The molecule has 9 heteroatoms. The fourth-order valence-corrected chi connectivity index (χ4v) is 1.89. The summed E-state index contributed by atoms with van der Waals surface area (Å²) in [5.74, 6) is -0.236. The minimum absolute atomic E-state index is 0.0725. The number of aryl methyl sites for hydroxylation is 1. The number of nitrogens with one attached hydrogen (secondary N) is 2. The van der Waals surface area contributed by atoms with Gasteiger partial charge in [0.15, 0.2) is 0 Å². The van der Waals surface area contributed by atoms with E-state index >= 15 is 0 Å². The molecule has 2 N–H and O–H groups in total. The molecule has 2 rings (SSSR count). The van der Waals surface area contributed by atoms with Gasteiger partial charge in [-0.15, -0.1) is 0 Å². The average molecular weight is 330 g/mol. The van der Waals surface area contributed by atoms with Crippen LogP contribution in [0.4, 0.5) is 35.0 Å². The van der Waals surface area contributed by atoms with E-state index < -0.39 is 18.6 Å². The molecule has 0 fully saturated rings. The predicted molar refractivity (Wildman–Crippen MR) is 77.6 cm³/mol. The van der Waals surface area contributed by atoms with E-state index in [2.05, 4.69) is 20.6 Å². The zero-order valence-corrected chi connectivity index (χ0v) is 12.3. The van der Waals surface area contributed by atoms with Crippen molar-refractivity contribution in [2.24, 2.45) is 0 Å². The van der Waals surface area contributed by atoms with Crippen LogP contribution in [0.15, 0.2) is 24.4 Å². The van der Waals surface area contributed by atoms with Crippen molar-refractivity contribution < 1.29 is 22.3 Å². The van der Waals surface area contributed by atoms with E-state index in [0.717, 1.165) is 5.56 Å². The van der Waals surface area contributed by atoms with Crippen LogP contribution < -0.4 is 15.4 Å². The highest BCUT2D eigenvalue weighted by molar-refractivity contribution is 5.64. The van der Waals surface area contributed by atoms with Crippen LogP contribution in [0.25, 0.3) is 0 Å². The number of alkyl halides is 4. The lowest BCUT2D eigenvalue weighted by molar-refractivity contribution is -0.137. The van der Waals surface area contributed by atoms with Crippen molar-refractivity contribution in [2.45, 2.75) is 13.1 Å². The quantitative estimate of drug-likeness (QED) is 0.815. The number of aromatic nitrogens is 2. The molecule has 0 atom stereocenters. The number of hydrogen-bond acceptors (Lipinski definition) is 5. The normalized spacial score (nSPS) is 11.2. The molecular weight excluding hydrogens is 316 g/mol. The summed E-state index contributed by atoms with van der Waals surface area (Å²) in [7, 11) is 1.33. The lowest BCUT2D eigenvalue weighted by Crippen LogP contribution is -2.12. The molecular formula is C14H14F4N4O. The van der Waals surface area contributed by atoms with Crippen molar-refractivity contribution in [1.29, 1.82) is 0 Å². The summed E-state index contributed by atoms with van der Waals surface area (Å²) < 4.78 is 55.6. The molecule has 5 nitrogen and oxygen atoms in total. The highest BCUT2D eigenvalue weighted by atomic mass is 19.4. The molecule has 0 radical (unpaired) electrons. The van der Waals surface area contributed by atoms with Crippen LogP contribution in [0.5, 0.6) is 5.75 Å². The Bertz CT molecular complexity index is 691. The molecule has 0 amide bonds. The molecule has 0 spiro atoms. The maximum absolute atomic E-state index is 12.8. The molecule has 1 heterocycles. The van der Waals surface area contributed by atoms with Gasteiger partial charge >= 0.3 is 6.18 Å². The van der Waals surface area contributed by atoms with Crippen molar-refractivity contribution in [3.05, 3.63) is 35.5 Å². The fraction of sp³-hybridized carbons (Fsp3) is 0.286. The second-order valence-corrected chi connectivity index (χ2v) is 4.58. The lowest BCUT2D eigenvalue weighted by Gasteiger charge is -2.14. The smallest absolute Gasteiger partial charge is 0.421 e. The van der Waals surface area contributed by atoms with Crippen molar-refractivity contribution in [3.63, 3.8) is 0 Å². The van der Waals surface area contributed by atoms with Gasteiger partial charge in [-0.2, -0.15) is 18.2 Å².